The van der Waals surface area contributed by atoms with Gasteiger partial charge in [-0.3, -0.25) is 0 Å². The Balaban J connectivity index is 1.27. The quantitative estimate of drug-likeness (QED) is 0.255. The Morgan fingerprint density at radius 3 is 2.69 bits per heavy atom. The molecule has 0 bridgehead atoms. The molecule has 39 heavy (non-hydrogen) atoms. The highest BCUT2D eigenvalue weighted by Crippen LogP contribution is 2.24. The van der Waals surface area contributed by atoms with E-state index in [0.717, 1.165) is 12.8 Å². The van der Waals surface area contributed by atoms with Crippen LogP contribution in [-0.4, -0.2) is 52.4 Å². The second-order valence-corrected chi connectivity index (χ2v) is 10.0. The van der Waals surface area contributed by atoms with Crippen molar-refractivity contribution in [3.05, 3.63) is 94.1 Å². The predicted octanol–water partition coefficient (Wildman–Crippen LogP) is 4.38. The van der Waals surface area contributed by atoms with Crippen LogP contribution in [0.15, 0.2) is 82.9 Å². The van der Waals surface area contributed by atoms with Crippen molar-refractivity contribution in [2.24, 2.45) is 0 Å². The molecule has 0 unspecified atom stereocenters. The average Bonchev–Trinajstić information content (AvgIpc) is 3.17. The molecule has 3 aromatic rings. The fraction of sp³-hybridized carbons (Fsp3) is 0.333. The van der Waals surface area contributed by atoms with E-state index in [2.05, 4.69) is 41.3 Å². The molecule has 0 saturated carbocycles. The van der Waals surface area contributed by atoms with Gasteiger partial charge in [0.15, 0.2) is 0 Å². The highest BCUT2D eigenvalue weighted by atomic mass is 16.5. The molecule has 0 spiro atoms. The zero-order valence-corrected chi connectivity index (χ0v) is 22.5. The fourth-order valence-electron chi connectivity index (χ4n) is 4.28. The Hall–Kier alpha value is -4.08. The molecular formula is C30H35N3O6. The summed E-state index contributed by atoms with van der Waals surface area (Å²) in [7, 11) is 0. The summed E-state index contributed by atoms with van der Waals surface area (Å²) in [5.74, 6) is 1.49. The van der Waals surface area contributed by atoms with Gasteiger partial charge in [0.1, 0.15) is 35.5 Å². The van der Waals surface area contributed by atoms with Crippen LogP contribution in [0.25, 0.3) is 11.0 Å². The van der Waals surface area contributed by atoms with E-state index in [4.69, 9.17) is 14.2 Å². The van der Waals surface area contributed by atoms with Crippen molar-refractivity contribution in [1.29, 1.82) is 0 Å². The summed E-state index contributed by atoms with van der Waals surface area (Å²) < 4.78 is 16.8. The number of aliphatic hydroxyl groups is 1. The van der Waals surface area contributed by atoms with Crippen LogP contribution in [0.5, 0.6) is 11.5 Å². The number of esters is 1. The monoisotopic (exact) mass is 533 g/mol. The molecule has 0 aliphatic heterocycles. The maximum Gasteiger partial charge on any atom is 0.338 e. The first-order valence-corrected chi connectivity index (χ1v) is 13.0. The second-order valence-electron chi connectivity index (χ2n) is 10.0. The number of hydrogen-bond donors (Lipinski definition) is 4. The van der Waals surface area contributed by atoms with E-state index < -0.39 is 6.10 Å². The van der Waals surface area contributed by atoms with Crippen molar-refractivity contribution in [2.45, 2.75) is 45.3 Å². The van der Waals surface area contributed by atoms with E-state index in [1.165, 1.54) is 5.57 Å². The van der Waals surface area contributed by atoms with E-state index >= 15 is 0 Å². The third kappa shape index (κ3) is 7.95. The molecule has 1 heterocycles. The molecule has 9 nitrogen and oxygen atoms in total. The SMILES string of the molecule is CCOC(=O)c1ccc(OC2=CC=C(CC(C)(C)NC[C@H](O)COc3cccc4[nH]c(=O)[nH]c34)CC=C2)cc1. The van der Waals surface area contributed by atoms with Crippen LogP contribution < -0.4 is 20.5 Å². The number of ether oxygens (including phenoxy) is 3. The third-order valence-electron chi connectivity index (χ3n) is 6.18. The Morgan fingerprint density at radius 1 is 1.13 bits per heavy atom. The number of nitrogens with one attached hydrogen (secondary N) is 3. The number of rotatable bonds is 12. The zero-order valence-electron chi connectivity index (χ0n) is 22.5. The molecular weight excluding hydrogens is 498 g/mol. The normalized spacial score (nSPS) is 14.4. The van der Waals surface area contributed by atoms with Gasteiger partial charge in [-0.1, -0.05) is 23.8 Å². The molecule has 0 fully saturated rings. The molecule has 2 aromatic carbocycles. The Labute approximate surface area is 227 Å². The number of allylic oxidation sites excluding steroid dienone is 4. The van der Waals surface area contributed by atoms with E-state index in [0.29, 0.717) is 47.0 Å². The summed E-state index contributed by atoms with van der Waals surface area (Å²) in [5, 5.41) is 13.9. The van der Waals surface area contributed by atoms with Crippen LogP contribution in [0.4, 0.5) is 0 Å². The highest BCUT2D eigenvalue weighted by molar-refractivity contribution is 5.89. The lowest BCUT2D eigenvalue weighted by Gasteiger charge is -2.29. The van der Waals surface area contributed by atoms with Crippen molar-refractivity contribution in [3.8, 4) is 11.5 Å². The minimum Gasteiger partial charge on any atom is -0.489 e. The molecule has 1 atom stereocenters. The third-order valence-corrected chi connectivity index (χ3v) is 6.18. The van der Waals surface area contributed by atoms with Crippen molar-refractivity contribution < 1.29 is 24.1 Å². The molecule has 9 heteroatoms. The van der Waals surface area contributed by atoms with Crippen molar-refractivity contribution in [1.82, 2.24) is 15.3 Å². The fourth-order valence-corrected chi connectivity index (χ4v) is 4.28. The number of H-pyrrole nitrogens is 2. The Kier molecular flexibility index (Phi) is 9.06. The van der Waals surface area contributed by atoms with Gasteiger partial charge in [-0.25, -0.2) is 9.59 Å². The van der Waals surface area contributed by atoms with Gasteiger partial charge in [0.05, 0.1) is 17.7 Å². The average molecular weight is 534 g/mol. The number of aromatic nitrogens is 2. The summed E-state index contributed by atoms with van der Waals surface area (Å²) in [6.07, 6.45) is 8.80. The number of carbonyl (C=O) groups excluding carboxylic acids is 1. The Bertz CT molecular complexity index is 1430. The van der Waals surface area contributed by atoms with Gasteiger partial charge in [-0.15, -0.1) is 0 Å². The van der Waals surface area contributed by atoms with Crippen LogP contribution in [0.1, 0.15) is 44.0 Å². The number of benzene rings is 2. The number of fused-ring (bicyclic) bond motifs is 1. The summed E-state index contributed by atoms with van der Waals surface area (Å²) in [5.41, 5.74) is 2.37. The van der Waals surface area contributed by atoms with Crippen molar-refractivity contribution in [2.75, 3.05) is 19.8 Å². The molecule has 4 rings (SSSR count). The highest BCUT2D eigenvalue weighted by Gasteiger charge is 2.21. The topological polar surface area (TPSA) is 126 Å². The van der Waals surface area contributed by atoms with Gasteiger partial charge in [0, 0.05) is 12.1 Å². The number of aliphatic hydroxyl groups excluding tert-OH is 1. The number of carbonyl (C=O) groups is 1. The summed E-state index contributed by atoms with van der Waals surface area (Å²) >= 11 is 0. The summed E-state index contributed by atoms with van der Waals surface area (Å²) in [6.45, 7) is 6.73. The lowest BCUT2D eigenvalue weighted by atomic mass is 9.92. The van der Waals surface area contributed by atoms with Crippen LogP contribution in [-0.2, 0) is 4.74 Å². The summed E-state index contributed by atoms with van der Waals surface area (Å²) in [6, 6.07) is 12.2. The van der Waals surface area contributed by atoms with Crippen LogP contribution in [0, 0.1) is 0 Å². The number of imidazole rings is 1. The minimum absolute atomic E-state index is 0.0883. The molecule has 1 aromatic heterocycles. The first-order chi connectivity index (χ1) is 18.7. The summed E-state index contributed by atoms with van der Waals surface area (Å²) in [4.78, 5) is 28.8. The van der Waals surface area contributed by atoms with Gasteiger partial charge in [0.2, 0.25) is 0 Å². The van der Waals surface area contributed by atoms with Crippen molar-refractivity contribution in [3.63, 3.8) is 0 Å². The second kappa shape index (κ2) is 12.6. The number of aromatic amines is 2. The Morgan fingerprint density at radius 2 is 1.92 bits per heavy atom. The van der Waals surface area contributed by atoms with Crippen LogP contribution >= 0.6 is 0 Å². The lowest BCUT2D eigenvalue weighted by Crippen LogP contribution is -2.45. The number of β-amino-alcohol motifs (C(OH)–C–C–N with tert-alkyl or cyclic N) is 1. The van der Waals surface area contributed by atoms with E-state index in [1.807, 2.05) is 12.2 Å². The maximum atomic E-state index is 11.8. The molecule has 0 saturated heterocycles. The van der Waals surface area contributed by atoms with E-state index in [1.54, 1.807) is 49.4 Å². The largest absolute Gasteiger partial charge is 0.489 e. The lowest BCUT2D eigenvalue weighted by molar-refractivity contribution is 0.0526. The first kappa shape index (κ1) is 27.9. The van der Waals surface area contributed by atoms with Gasteiger partial charge in [0.25, 0.3) is 0 Å². The van der Waals surface area contributed by atoms with Crippen LogP contribution in [0.3, 0.4) is 0 Å². The predicted molar refractivity (Wildman–Crippen MR) is 150 cm³/mol. The number of hydrogen-bond acceptors (Lipinski definition) is 7. The molecule has 206 valence electrons. The standard InChI is InChI=1S/C30H35N3O6/c1-4-37-28(35)21-12-15-24(16-13-21)39-23-8-5-7-20(11-14-23)17-30(2,3)31-18-22(34)19-38-26-10-6-9-25-27(26)33-29(36)32-25/h5-6,8-16,22,31,34H,4,7,17-19H2,1-3H3,(H2,32,33,36)/t22-/m0/s1. The van der Waals surface area contributed by atoms with E-state index in [9.17, 15) is 14.7 Å². The smallest absolute Gasteiger partial charge is 0.338 e. The molecule has 0 radical (unpaired) electrons. The molecule has 1 aliphatic rings. The molecule has 1 aliphatic carbocycles. The van der Waals surface area contributed by atoms with Gasteiger partial charge < -0.3 is 34.6 Å². The number of para-hydroxylation sites is 1. The zero-order chi connectivity index (χ0) is 27.8. The minimum atomic E-state index is -0.733. The van der Waals surface area contributed by atoms with Gasteiger partial charge >= 0.3 is 11.7 Å². The van der Waals surface area contributed by atoms with Gasteiger partial charge in [-0.2, -0.15) is 0 Å². The van der Waals surface area contributed by atoms with Crippen LogP contribution in [0.2, 0.25) is 0 Å². The molecule has 0 amide bonds. The molecule has 4 N–H and O–H groups in total. The first-order valence-electron chi connectivity index (χ1n) is 13.0. The van der Waals surface area contributed by atoms with Gasteiger partial charge in [-0.05, 0) is 82.2 Å². The maximum absolute atomic E-state index is 11.8. The van der Waals surface area contributed by atoms with Crippen molar-refractivity contribution >= 4 is 17.0 Å². The van der Waals surface area contributed by atoms with E-state index in [-0.39, 0.29) is 23.8 Å².